The Bertz CT molecular complexity index is 3680. The van der Waals surface area contributed by atoms with E-state index in [4.69, 9.17) is 0 Å². The molecule has 636 valence electrons. The highest BCUT2D eigenvalue weighted by Gasteiger charge is 2.47. The number of hydrogen-bond donors (Lipinski definition) is 0. The predicted molar refractivity (Wildman–Crippen MR) is 526 cm³/mol. The van der Waals surface area contributed by atoms with E-state index in [0.29, 0.717) is 0 Å². The van der Waals surface area contributed by atoms with Gasteiger partial charge in [0.25, 0.3) is 0 Å². The third-order valence-electron chi connectivity index (χ3n) is 27.1. The third kappa shape index (κ3) is 25.4. The van der Waals surface area contributed by atoms with Crippen molar-refractivity contribution < 1.29 is 0 Å². The summed E-state index contributed by atoms with van der Waals surface area (Å²) in [5, 5.41) is 0. The van der Waals surface area contributed by atoms with Crippen LogP contribution in [0.1, 0.15) is 403 Å². The van der Waals surface area contributed by atoms with Crippen LogP contribution in [0.3, 0.4) is 0 Å². The molecule has 0 atom stereocenters. The van der Waals surface area contributed by atoms with Crippen LogP contribution in [0.5, 0.6) is 0 Å². The maximum atomic E-state index is 2.94. The van der Waals surface area contributed by atoms with Crippen molar-refractivity contribution in [2.75, 3.05) is 11.7 Å². The zero-order chi connectivity index (χ0) is 84.6. The van der Waals surface area contributed by atoms with E-state index in [9.17, 15) is 0 Å². The lowest BCUT2D eigenvalue weighted by molar-refractivity contribution is 0.364. The Kier molecular flexibility index (Phi) is 41.3. The molecule has 0 nitrogen and oxygen atoms in total. The number of fused-ring (bicyclic) bond motifs is 12. The summed E-state index contributed by atoms with van der Waals surface area (Å²) in [5.41, 5.74) is 37.0. The quantitative estimate of drug-likeness (QED) is 0.0265. The van der Waals surface area contributed by atoms with Gasteiger partial charge in [-0.05, 0) is 257 Å². The number of rotatable bonds is 40. The van der Waals surface area contributed by atoms with Crippen molar-refractivity contribution in [2.24, 2.45) is 23.7 Å². The largest absolute Gasteiger partial charge is 0.0966 e. The average molecular weight is 1700 g/mol. The molecule has 0 unspecified atom stereocenters. The van der Waals surface area contributed by atoms with Gasteiger partial charge in [-0.3, -0.25) is 0 Å². The van der Waals surface area contributed by atoms with Crippen LogP contribution < -0.4 is 0 Å². The maximum absolute atomic E-state index is 2.94. The summed E-state index contributed by atoms with van der Waals surface area (Å²) < 4.78 is 0. The molecule has 8 aromatic rings. The molecule has 116 heavy (non-hydrogen) atoms. The number of alkyl halides is 2. The molecule has 0 heterocycles. The monoisotopic (exact) mass is 1690 g/mol. The van der Waals surface area contributed by atoms with Gasteiger partial charge in [0.2, 0.25) is 0 Å². The molecule has 0 saturated carbocycles. The average Bonchev–Trinajstić information content (AvgIpc) is 1.62. The van der Waals surface area contributed by atoms with E-state index >= 15 is 0 Å². The molecular formula is C114H166Br2. The first kappa shape index (κ1) is 97.8. The molecule has 0 bridgehead atoms. The van der Waals surface area contributed by atoms with Gasteiger partial charge in [0.15, 0.2) is 0 Å². The van der Waals surface area contributed by atoms with Gasteiger partial charge in [-0.1, -0.05) is 459 Å². The molecular weight excluding hydrogens is 1530 g/mol. The lowest BCUT2D eigenvalue weighted by atomic mass is 9.69. The number of aryl methyl sites for hydroxylation is 8. The fourth-order valence-corrected chi connectivity index (χ4v) is 20.5. The number of benzene rings is 8. The van der Waals surface area contributed by atoms with E-state index in [1.807, 2.05) is 11.7 Å². The molecule has 0 amide bonds. The minimum absolute atomic E-state index is 0.206. The summed E-state index contributed by atoms with van der Waals surface area (Å²) in [4.78, 5) is 0. The van der Waals surface area contributed by atoms with Crippen molar-refractivity contribution in [3.05, 3.63) is 235 Å². The van der Waals surface area contributed by atoms with Gasteiger partial charge in [0.05, 0.1) is 0 Å². The molecule has 0 spiro atoms. The predicted octanol–water partition coefficient (Wildman–Crippen LogP) is 37.0. The van der Waals surface area contributed by atoms with E-state index < -0.39 is 0 Å². The van der Waals surface area contributed by atoms with Gasteiger partial charge in [0.1, 0.15) is 0 Å². The van der Waals surface area contributed by atoms with Gasteiger partial charge in [0, 0.05) is 21.7 Å². The summed E-state index contributed by atoms with van der Waals surface area (Å²) in [7, 11) is 0. The van der Waals surface area contributed by atoms with Crippen LogP contribution in [-0.4, -0.2) is 11.7 Å². The Morgan fingerprint density at radius 1 is 0.190 bits per heavy atom. The third-order valence-corrected chi connectivity index (χ3v) is 27.1. The van der Waals surface area contributed by atoms with Crippen molar-refractivity contribution >= 4 is 31.9 Å². The second-order valence-corrected chi connectivity index (χ2v) is 38.5. The van der Waals surface area contributed by atoms with E-state index in [1.54, 1.807) is 44.5 Å². The summed E-state index contributed by atoms with van der Waals surface area (Å²) in [5.74, 6) is 6.62. The fourth-order valence-electron chi connectivity index (χ4n) is 20.5. The molecule has 2 heteroatoms. The van der Waals surface area contributed by atoms with Crippen molar-refractivity contribution in [3.8, 4) is 44.5 Å². The van der Waals surface area contributed by atoms with Crippen molar-refractivity contribution in [1.29, 1.82) is 0 Å². The van der Waals surface area contributed by atoms with Gasteiger partial charge >= 0.3 is 0 Å². The first-order valence-corrected chi connectivity index (χ1v) is 50.7. The normalized spacial score (nSPS) is 14.0. The maximum Gasteiger partial charge on any atom is 0.0215 e. The Hall–Kier alpha value is -5.28. The zero-order valence-corrected chi connectivity index (χ0v) is 81.5. The SMILES string of the molecule is CBr.CBr.CCCCCCCCC1(CCCCCCCC)c2cc(C)ccc2-c2ccc(C)cc21.CCCCCCCCC1(CCCCCCCC)c2cc(C)ccc2-c2ccc(C)cc21.Cc1ccc2c(c1)C(CCC(C)C)(CCC(C)C)c1cc(C)ccc1-2.Cc1ccc2c(c1)C(CCC(C)C)(CCC(C)C)c1cc(C)ccc1-2. The van der Waals surface area contributed by atoms with E-state index in [0.717, 1.165) is 23.7 Å². The molecule has 12 rings (SSSR count). The topological polar surface area (TPSA) is 0 Å². The minimum Gasteiger partial charge on any atom is -0.0966 e. The van der Waals surface area contributed by atoms with Crippen molar-refractivity contribution in [3.63, 3.8) is 0 Å². The number of hydrogen-bond acceptors (Lipinski definition) is 0. The summed E-state index contributed by atoms with van der Waals surface area (Å²) in [6, 6.07) is 57.5. The lowest BCUT2D eigenvalue weighted by Crippen LogP contribution is -2.27. The van der Waals surface area contributed by atoms with E-state index in [2.05, 4.69) is 316 Å². The van der Waals surface area contributed by atoms with Gasteiger partial charge in [-0.2, -0.15) is 0 Å². The number of unbranched alkanes of at least 4 members (excludes halogenated alkanes) is 20. The summed E-state index contributed by atoms with van der Waals surface area (Å²) >= 11 is 5.88. The molecule has 4 aliphatic carbocycles. The van der Waals surface area contributed by atoms with Crippen LogP contribution in [0.2, 0.25) is 0 Å². The first-order valence-electron chi connectivity index (χ1n) is 47.6. The Labute approximate surface area is 732 Å². The Morgan fingerprint density at radius 2 is 0.319 bits per heavy atom. The van der Waals surface area contributed by atoms with Crippen LogP contribution in [0.4, 0.5) is 0 Å². The highest BCUT2D eigenvalue weighted by atomic mass is 79.9. The minimum atomic E-state index is 0.206. The second kappa shape index (κ2) is 49.0. The van der Waals surface area contributed by atoms with Crippen LogP contribution in [0, 0.1) is 79.1 Å². The van der Waals surface area contributed by atoms with Gasteiger partial charge in [-0.15, -0.1) is 0 Å². The van der Waals surface area contributed by atoms with Gasteiger partial charge in [-0.25, -0.2) is 0 Å². The molecule has 0 aromatic heterocycles. The zero-order valence-electron chi connectivity index (χ0n) is 78.4. The standard InChI is InChI=1S/2C31H46.2C25H34.2CH3Br/c2*1-5-7-9-11-13-15-21-31(22-16-14-12-10-8-6-2)29-23-25(3)17-19-27(29)28-20-18-26(4)24-30(28)31;2*1-17(2)11-13-25(14-12-18(3)4)23-15-19(5)7-9-21(23)22-10-8-20(6)16-24(22)25;2*1-2/h2*17-20,23-24H,5-16,21-22H2,1-4H3;2*7-10,15-18H,11-14H2,1-6H3;2*1H3. The number of halogens is 2. The van der Waals surface area contributed by atoms with E-state index in [-0.39, 0.29) is 21.7 Å². The van der Waals surface area contributed by atoms with Crippen LogP contribution in [0.15, 0.2) is 146 Å². The Balaban J connectivity index is 0.000000212. The first-order chi connectivity index (χ1) is 55.9. The summed E-state index contributed by atoms with van der Waals surface area (Å²) in [6.45, 7) is 46.2. The highest BCUT2D eigenvalue weighted by Crippen LogP contribution is 2.59. The Morgan fingerprint density at radius 3 is 0.457 bits per heavy atom. The second-order valence-electron chi connectivity index (χ2n) is 38.5. The highest BCUT2D eigenvalue weighted by molar-refractivity contribution is 9.09. The fraction of sp³-hybridized carbons (Fsp3) is 0.579. The smallest absolute Gasteiger partial charge is 0.0215 e. The molecule has 8 aromatic carbocycles. The molecule has 0 aliphatic heterocycles. The van der Waals surface area contributed by atoms with Crippen LogP contribution in [-0.2, 0) is 21.7 Å². The van der Waals surface area contributed by atoms with Crippen molar-refractivity contribution in [1.82, 2.24) is 0 Å². The molecule has 0 radical (unpaired) electrons. The van der Waals surface area contributed by atoms with Gasteiger partial charge < -0.3 is 0 Å². The van der Waals surface area contributed by atoms with Crippen molar-refractivity contribution in [2.45, 2.75) is 391 Å². The van der Waals surface area contributed by atoms with Crippen LogP contribution in [0.25, 0.3) is 44.5 Å². The molecule has 0 fully saturated rings. The van der Waals surface area contributed by atoms with Crippen LogP contribution >= 0.6 is 31.9 Å². The summed E-state index contributed by atoms with van der Waals surface area (Å²) in [6.07, 6.45) is 48.7. The molecule has 4 aliphatic rings. The molecule has 0 N–H and O–H groups in total. The van der Waals surface area contributed by atoms with E-state index in [1.165, 1.54) is 320 Å². The molecule has 0 saturated heterocycles. The lowest BCUT2D eigenvalue weighted by Gasteiger charge is -2.34.